The van der Waals surface area contributed by atoms with E-state index in [1.807, 2.05) is 27.8 Å². The Labute approximate surface area is 344 Å². The number of ether oxygens (including phenoxy) is 12. The molecule has 0 aromatic carbocycles. The molecule has 0 aliphatic heterocycles. The van der Waals surface area contributed by atoms with Crippen LogP contribution in [0.4, 0.5) is 0 Å². The molecule has 0 aromatic heterocycles. The van der Waals surface area contributed by atoms with Crippen LogP contribution in [0.5, 0.6) is 0 Å². The Hall–Kier alpha value is -1.38. The van der Waals surface area contributed by atoms with Crippen molar-refractivity contribution in [3.8, 4) is 0 Å². The molecule has 0 aliphatic rings. The largest absolute Gasteiger partial charge is 0.382 e. The Balaban J connectivity index is 3.40. The summed E-state index contributed by atoms with van der Waals surface area (Å²) in [6, 6.07) is -0.189. The number of nitrogens with zero attached hydrogens (tertiary/aromatic N) is 1. The Kier molecular flexibility index (Phi) is 37.9. The first-order valence-electron chi connectivity index (χ1n) is 20.8. The lowest BCUT2D eigenvalue weighted by atomic mass is 9.84. The fourth-order valence-corrected chi connectivity index (χ4v) is 4.93. The Bertz CT molecular complexity index is 904. The van der Waals surface area contributed by atoms with Crippen molar-refractivity contribution in [1.29, 1.82) is 0 Å². The van der Waals surface area contributed by atoms with Gasteiger partial charge >= 0.3 is 0 Å². The highest BCUT2D eigenvalue weighted by atomic mass is 16.6. The number of hydrogen-bond donors (Lipinski definition) is 1. The minimum absolute atomic E-state index is 0.0481. The molecule has 1 unspecified atom stereocenters. The van der Waals surface area contributed by atoms with E-state index in [2.05, 4.69) is 26.1 Å². The van der Waals surface area contributed by atoms with Gasteiger partial charge in [-0.1, -0.05) is 20.8 Å². The number of carbonyl (C=O) groups is 2. The molecule has 57 heavy (non-hydrogen) atoms. The van der Waals surface area contributed by atoms with Gasteiger partial charge in [-0.3, -0.25) is 9.59 Å². The molecule has 1 atom stereocenters. The van der Waals surface area contributed by atoms with Crippen molar-refractivity contribution in [2.75, 3.05) is 173 Å². The lowest BCUT2D eigenvalue weighted by Gasteiger charge is -2.32. The fourth-order valence-electron chi connectivity index (χ4n) is 4.93. The summed E-state index contributed by atoms with van der Waals surface area (Å²) in [5.74, 6) is 0.274. The summed E-state index contributed by atoms with van der Waals surface area (Å²) in [7, 11) is 3.46. The highest BCUT2D eigenvalue weighted by molar-refractivity contribution is 5.88. The summed E-state index contributed by atoms with van der Waals surface area (Å²) < 4.78 is 65.1. The maximum absolute atomic E-state index is 12.9. The molecule has 0 bridgehead atoms. The first-order chi connectivity index (χ1) is 27.4. The third kappa shape index (κ3) is 39.8. The smallest absolute Gasteiger partial charge is 0.224 e. The summed E-state index contributed by atoms with van der Waals surface area (Å²) in [5, 5.41) is 3.48. The SMILES string of the molecule is COCCOCCOCCOCCOCCOCCOCCOCCOCCOCCOCCOCCC(=O)N(C)CCCCC(NC(C)(C)C)C(=O)C(C)(C)C. The third-order valence-electron chi connectivity index (χ3n) is 7.94. The number of Topliss-reactive ketones (excluding diaryl/α,β-unsaturated/α-hetero) is 1. The van der Waals surface area contributed by atoms with Gasteiger partial charge in [0.15, 0.2) is 5.78 Å². The molecule has 0 fully saturated rings. The maximum atomic E-state index is 12.9. The number of ketones is 1. The van der Waals surface area contributed by atoms with Crippen molar-refractivity contribution in [3.05, 3.63) is 0 Å². The van der Waals surface area contributed by atoms with Crippen molar-refractivity contribution >= 4 is 11.7 Å². The number of carbonyl (C=O) groups excluding carboxylic acids is 2. The minimum atomic E-state index is -0.397. The van der Waals surface area contributed by atoms with Gasteiger partial charge in [0.05, 0.1) is 164 Å². The number of amides is 1. The van der Waals surface area contributed by atoms with Gasteiger partial charge in [-0.05, 0) is 40.0 Å². The summed E-state index contributed by atoms with van der Waals surface area (Å²) in [5.41, 5.74) is -0.541. The fraction of sp³-hybridized carbons (Fsp3) is 0.951. The summed E-state index contributed by atoms with van der Waals surface area (Å²) in [6.07, 6.45) is 2.79. The third-order valence-corrected chi connectivity index (χ3v) is 7.94. The van der Waals surface area contributed by atoms with Crippen molar-refractivity contribution in [1.82, 2.24) is 10.2 Å². The van der Waals surface area contributed by atoms with E-state index < -0.39 is 5.41 Å². The van der Waals surface area contributed by atoms with E-state index in [0.717, 1.165) is 19.3 Å². The van der Waals surface area contributed by atoms with Gasteiger partial charge in [0.25, 0.3) is 0 Å². The van der Waals surface area contributed by atoms with Gasteiger partial charge in [0, 0.05) is 31.7 Å². The molecule has 0 spiro atoms. The Morgan fingerprint density at radius 2 is 0.772 bits per heavy atom. The summed E-state index contributed by atoms with van der Waals surface area (Å²) in [6.45, 7) is 24.1. The lowest BCUT2D eigenvalue weighted by molar-refractivity contribution is -0.131. The van der Waals surface area contributed by atoms with Gasteiger partial charge in [-0.25, -0.2) is 0 Å². The van der Waals surface area contributed by atoms with Crippen molar-refractivity contribution in [3.63, 3.8) is 0 Å². The van der Waals surface area contributed by atoms with Gasteiger partial charge in [0.2, 0.25) is 5.91 Å². The molecule has 1 amide bonds. The molecule has 0 rings (SSSR count). The van der Waals surface area contributed by atoms with Crippen LogP contribution in [0.2, 0.25) is 0 Å². The number of hydrogen-bond acceptors (Lipinski definition) is 15. The van der Waals surface area contributed by atoms with Crippen LogP contribution in [0.15, 0.2) is 0 Å². The molecule has 0 aromatic rings. The average Bonchev–Trinajstić information content (AvgIpc) is 3.16. The molecule has 16 heteroatoms. The van der Waals surface area contributed by atoms with Crippen LogP contribution < -0.4 is 5.32 Å². The minimum Gasteiger partial charge on any atom is -0.382 e. The molecule has 16 nitrogen and oxygen atoms in total. The lowest BCUT2D eigenvalue weighted by Crippen LogP contribution is -2.50. The van der Waals surface area contributed by atoms with E-state index in [1.165, 1.54) is 0 Å². The second kappa shape index (κ2) is 38.8. The van der Waals surface area contributed by atoms with Crippen molar-refractivity contribution in [2.24, 2.45) is 5.41 Å². The number of rotatable bonds is 43. The Morgan fingerprint density at radius 1 is 0.474 bits per heavy atom. The number of methoxy groups -OCH3 is 1. The second-order valence-corrected chi connectivity index (χ2v) is 15.4. The maximum Gasteiger partial charge on any atom is 0.224 e. The molecule has 0 heterocycles. The van der Waals surface area contributed by atoms with Crippen LogP contribution >= 0.6 is 0 Å². The monoisotopic (exact) mass is 827 g/mol. The molecule has 0 radical (unpaired) electrons. The van der Waals surface area contributed by atoms with E-state index in [9.17, 15) is 9.59 Å². The molecule has 1 N–H and O–H groups in total. The zero-order valence-electron chi connectivity index (χ0n) is 37.0. The van der Waals surface area contributed by atoms with Gasteiger partial charge in [-0.2, -0.15) is 0 Å². The second-order valence-electron chi connectivity index (χ2n) is 15.4. The van der Waals surface area contributed by atoms with Crippen LogP contribution in [0, 0.1) is 5.41 Å². The average molecular weight is 827 g/mol. The van der Waals surface area contributed by atoms with Gasteiger partial charge in [0.1, 0.15) is 0 Å². The van der Waals surface area contributed by atoms with Crippen LogP contribution in [-0.4, -0.2) is 201 Å². The molecule has 340 valence electrons. The van der Waals surface area contributed by atoms with E-state index in [1.54, 1.807) is 12.0 Å². The quantitative estimate of drug-likeness (QED) is 0.0893. The van der Waals surface area contributed by atoms with E-state index in [0.29, 0.717) is 165 Å². The zero-order chi connectivity index (χ0) is 42.3. The standard InChI is InChI=1S/C41H82N2O14/c1-40(2,3)39(45)37(42-41(4,5)6)11-9-10-13-43(7)38(44)12-14-47-17-18-49-21-22-51-25-26-53-29-30-55-33-34-57-36-35-56-32-31-54-28-27-52-24-23-50-20-19-48-16-15-46-8/h37,42H,9-36H2,1-8H3. The van der Waals surface area contributed by atoms with Crippen LogP contribution in [0.3, 0.4) is 0 Å². The van der Waals surface area contributed by atoms with E-state index in [4.69, 9.17) is 56.8 Å². The van der Waals surface area contributed by atoms with Crippen molar-refractivity contribution < 1.29 is 66.4 Å². The predicted molar refractivity (Wildman–Crippen MR) is 218 cm³/mol. The van der Waals surface area contributed by atoms with Crippen LogP contribution in [0.25, 0.3) is 0 Å². The molecular formula is C41H82N2O14. The molecular weight excluding hydrogens is 744 g/mol. The predicted octanol–water partition coefficient (Wildman–Crippen LogP) is 3.21. The van der Waals surface area contributed by atoms with E-state index in [-0.39, 0.29) is 23.3 Å². The van der Waals surface area contributed by atoms with E-state index >= 15 is 0 Å². The van der Waals surface area contributed by atoms with Crippen molar-refractivity contribution in [2.45, 2.75) is 78.8 Å². The first kappa shape index (κ1) is 55.6. The number of unbranched alkanes of at least 4 members (excludes halogenated alkanes) is 1. The van der Waals surface area contributed by atoms with Crippen LogP contribution in [0.1, 0.15) is 67.2 Å². The molecule has 0 aliphatic carbocycles. The Morgan fingerprint density at radius 3 is 1.05 bits per heavy atom. The zero-order valence-corrected chi connectivity index (χ0v) is 37.0. The normalized spacial score (nSPS) is 12.7. The highest BCUT2D eigenvalue weighted by Crippen LogP contribution is 2.21. The first-order valence-corrected chi connectivity index (χ1v) is 20.8. The number of nitrogens with one attached hydrogen (secondary N) is 1. The topological polar surface area (TPSA) is 160 Å². The highest BCUT2D eigenvalue weighted by Gasteiger charge is 2.31. The summed E-state index contributed by atoms with van der Waals surface area (Å²) >= 11 is 0. The molecule has 0 saturated carbocycles. The van der Waals surface area contributed by atoms with Crippen LogP contribution in [-0.2, 0) is 66.4 Å². The summed E-state index contributed by atoms with van der Waals surface area (Å²) in [4.78, 5) is 27.1. The van der Waals surface area contributed by atoms with Gasteiger partial charge < -0.3 is 67.1 Å². The van der Waals surface area contributed by atoms with Gasteiger partial charge in [-0.15, -0.1) is 0 Å². The molecule has 0 saturated heterocycles.